The molecule has 0 atom stereocenters. The van der Waals surface area contributed by atoms with Gasteiger partial charge in [0.2, 0.25) is 0 Å². The SMILES string of the molecule is c1cc(-c2cnc3[nH]c4cnc(-c5cn[nH]n5)cc4c3c2)ccc1CN1CCCCC1. The maximum absolute atomic E-state index is 4.68. The van der Waals surface area contributed by atoms with Gasteiger partial charge < -0.3 is 4.98 Å². The van der Waals surface area contributed by atoms with Crippen LogP contribution in [-0.2, 0) is 6.54 Å². The van der Waals surface area contributed by atoms with E-state index in [1.54, 1.807) is 6.20 Å². The van der Waals surface area contributed by atoms with Gasteiger partial charge in [-0.05, 0) is 49.2 Å². The molecule has 5 aromatic rings. The predicted octanol–water partition coefficient (Wildman–Crippen LogP) is 4.55. The summed E-state index contributed by atoms with van der Waals surface area (Å²) in [5.74, 6) is 0. The van der Waals surface area contributed by atoms with Crippen LogP contribution in [0.5, 0.6) is 0 Å². The van der Waals surface area contributed by atoms with Gasteiger partial charge in [-0.25, -0.2) is 4.98 Å². The fraction of sp³-hybridized carbons (Fsp3) is 0.250. The summed E-state index contributed by atoms with van der Waals surface area (Å²) in [5, 5.41) is 12.8. The van der Waals surface area contributed by atoms with Gasteiger partial charge in [0.05, 0.1) is 23.6 Å². The van der Waals surface area contributed by atoms with Gasteiger partial charge in [0.1, 0.15) is 11.3 Å². The Morgan fingerprint density at radius 3 is 2.48 bits per heavy atom. The van der Waals surface area contributed by atoms with Crippen molar-refractivity contribution in [3.05, 3.63) is 60.6 Å². The Kier molecular flexibility index (Phi) is 4.46. The summed E-state index contributed by atoms with van der Waals surface area (Å²) in [6, 6.07) is 13.1. The number of aromatic amines is 2. The van der Waals surface area contributed by atoms with Crippen molar-refractivity contribution in [2.75, 3.05) is 13.1 Å². The standard InChI is InChI=1S/C24H23N7/c1-2-8-31(9-3-1)15-16-4-6-17(7-5-16)18-10-20-19-11-21(23-14-27-30-29-23)25-13-22(19)28-24(20)26-12-18/h4-7,10-14H,1-3,8-9,15H2,(H,26,28)(H,27,29,30). The second-order valence-corrected chi connectivity index (χ2v) is 8.25. The molecule has 0 bridgehead atoms. The molecule has 1 fully saturated rings. The monoisotopic (exact) mass is 409 g/mol. The van der Waals surface area contributed by atoms with Crippen molar-refractivity contribution in [1.29, 1.82) is 0 Å². The van der Waals surface area contributed by atoms with Crippen molar-refractivity contribution in [1.82, 2.24) is 35.3 Å². The summed E-state index contributed by atoms with van der Waals surface area (Å²) in [4.78, 5) is 15.1. The largest absolute Gasteiger partial charge is 0.338 e. The minimum absolute atomic E-state index is 0.727. The Hall–Kier alpha value is -3.58. The topological polar surface area (TPSA) is 86.4 Å². The third-order valence-corrected chi connectivity index (χ3v) is 6.15. The number of nitrogens with one attached hydrogen (secondary N) is 2. The molecule has 0 radical (unpaired) electrons. The fourth-order valence-corrected chi connectivity index (χ4v) is 4.48. The van der Waals surface area contributed by atoms with Gasteiger partial charge in [-0.3, -0.25) is 9.88 Å². The van der Waals surface area contributed by atoms with E-state index < -0.39 is 0 Å². The number of hydrogen-bond acceptors (Lipinski definition) is 5. The summed E-state index contributed by atoms with van der Waals surface area (Å²) < 4.78 is 0. The molecule has 7 nitrogen and oxygen atoms in total. The molecule has 31 heavy (non-hydrogen) atoms. The molecule has 5 heterocycles. The molecule has 154 valence electrons. The van der Waals surface area contributed by atoms with Gasteiger partial charge in [-0.15, -0.1) is 0 Å². The molecular weight excluding hydrogens is 386 g/mol. The number of likely N-dealkylation sites (tertiary alicyclic amines) is 1. The minimum atomic E-state index is 0.727. The van der Waals surface area contributed by atoms with Crippen molar-refractivity contribution in [3.8, 4) is 22.5 Å². The summed E-state index contributed by atoms with van der Waals surface area (Å²) in [6.45, 7) is 3.47. The molecule has 0 spiro atoms. The lowest BCUT2D eigenvalue weighted by Crippen LogP contribution is -2.28. The lowest BCUT2D eigenvalue weighted by Gasteiger charge is -2.26. The average molecular weight is 409 g/mol. The first kappa shape index (κ1) is 18.2. The molecule has 7 heteroatoms. The van der Waals surface area contributed by atoms with Crippen LogP contribution < -0.4 is 0 Å². The Balaban J connectivity index is 1.33. The van der Waals surface area contributed by atoms with Gasteiger partial charge in [0, 0.05) is 29.1 Å². The number of nitrogens with zero attached hydrogens (tertiary/aromatic N) is 5. The maximum atomic E-state index is 4.68. The molecule has 1 aliphatic heterocycles. The zero-order chi connectivity index (χ0) is 20.6. The second-order valence-electron chi connectivity index (χ2n) is 8.25. The van der Waals surface area contributed by atoms with E-state index in [1.165, 1.54) is 43.5 Å². The van der Waals surface area contributed by atoms with E-state index in [1.807, 2.05) is 18.5 Å². The van der Waals surface area contributed by atoms with E-state index in [4.69, 9.17) is 0 Å². The van der Waals surface area contributed by atoms with Crippen LogP contribution in [0, 0.1) is 0 Å². The third kappa shape index (κ3) is 3.47. The minimum Gasteiger partial charge on any atom is -0.338 e. The molecule has 1 saturated heterocycles. The van der Waals surface area contributed by atoms with E-state index in [2.05, 4.69) is 65.6 Å². The zero-order valence-electron chi connectivity index (χ0n) is 17.2. The van der Waals surface area contributed by atoms with Crippen LogP contribution in [0.2, 0.25) is 0 Å². The molecule has 0 aliphatic carbocycles. The van der Waals surface area contributed by atoms with Gasteiger partial charge in [-0.1, -0.05) is 30.7 Å². The van der Waals surface area contributed by atoms with E-state index in [9.17, 15) is 0 Å². The Morgan fingerprint density at radius 1 is 0.806 bits per heavy atom. The van der Waals surface area contributed by atoms with Crippen LogP contribution in [0.25, 0.3) is 44.5 Å². The highest BCUT2D eigenvalue weighted by Crippen LogP contribution is 2.30. The van der Waals surface area contributed by atoms with Gasteiger partial charge >= 0.3 is 0 Å². The Bertz CT molecular complexity index is 1330. The lowest BCUT2D eigenvalue weighted by molar-refractivity contribution is 0.221. The number of fused-ring (bicyclic) bond motifs is 3. The highest BCUT2D eigenvalue weighted by atomic mass is 15.3. The van der Waals surface area contributed by atoms with Crippen molar-refractivity contribution in [3.63, 3.8) is 0 Å². The Labute approximate surface area is 179 Å². The molecule has 0 unspecified atom stereocenters. The molecule has 6 rings (SSSR count). The lowest BCUT2D eigenvalue weighted by atomic mass is 10.0. The van der Waals surface area contributed by atoms with Crippen LogP contribution in [0.3, 0.4) is 0 Å². The van der Waals surface area contributed by atoms with Gasteiger partial charge in [0.15, 0.2) is 0 Å². The number of benzene rings is 1. The van der Waals surface area contributed by atoms with Crippen molar-refractivity contribution >= 4 is 21.9 Å². The zero-order valence-corrected chi connectivity index (χ0v) is 17.2. The molecule has 0 saturated carbocycles. The van der Waals surface area contributed by atoms with E-state index in [0.29, 0.717) is 0 Å². The smallest absolute Gasteiger partial charge is 0.138 e. The number of aromatic nitrogens is 6. The molecule has 4 aromatic heterocycles. The summed E-state index contributed by atoms with van der Waals surface area (Å²) in [6.07, 6.45) is 9.46. The van der Waals surface area contributed by atoms with Crippen LogP contribution >= 0.6 is 0 Å². The first-order valence-corrected chi connectivity index (χ1v) is 10.8. The van der Waals surface area contributed by atoms with Crippen molar-refractivity contribution < 1.29 is 0 Å². The first-order chi connectivity index (χ1) is 15.3. The highest BCUT2D eigenvalue weighted by molar-refractivity contribution is 6.07. The van der Waals surface area contributed by atoms with Crippen LogP contribution in [0.15, 0.2) is 55.0 Å². The first-order valence-electron chi connectivity index (χ1n) is 10.8. The molecule has 0 amide bonds. The second kappa shape index (κ2) is 7.59. The summed E-state index contributed by atoms with van der Waals surface area (Å²) in [5.41, 5.74) is 6.99. The van der Waals surface area contributed by atoms with Crippen LogP contribution in [0.1, 0.15) is 24.8 Å². The fourth-order valence-electron chi connectivity index (χ4n) is 4.48. The number of pyridine rings is 2. The quantitative estimate of drug-likeness (QED) is 0.455. The van der Waals surface area contributed by atoms with Gasteiger partial charge in [0.25, 0.3) is 0 Å². The summed E-state index contributed by atoms with van der Waals surface area (Å²) >= 11 is 0. The highest BCUT2D eigenvalue weighted by Gasteiger charge is 2.12. The average Bonchev–Trinajstić information content (AvgIpc) is 3.48. The summed E-state index contributed by atoms with van der Waals surface area (Å²) in [7, 11) is 0. The maximum Gasteiger partial charge on any atom is 0.138 e. The number of H-pyrrole nitrogens is 2. The Morgan fingerprint density at radius 2 is 1.68 bits per heavy atom. The van der Waals surface area contributed by atoms with Gasteiger partial charge in [-0.2, -0.15) is 15.4 Å². The number of rotatable bonds is 4. The molecule has 1 aliphatic rings. The number of hydrogen-bond donors (Lipinski definition) is 2. The van der Waals surface area contributed by atoms with E-state index in [0.717, 1.165) is 45.4 Å². The van der Waals surface area contributed by atoms with Crippen LogP contribution in [-0.4, -0.2) is 48.4 Å². The number of piperidine rings is 1. The van der Waals surface area contributed by atoms with Crippen LogP contribution in [0.4, 0.5) is 0 Å². The predicted molar refractivity (Wildman–Crippen MR) is 121 cm³/mol. The van der Waals surface area contributed by atoms with E-state index in [-0.39, 0.29) is 0 Å². The van der Waals surface area contributed by atoms with Crippen molar-refractivity contribution in [2.24, 2.45) is 0 Å². The molecular formula is C24H23N7. The van der Waals surface area contributed by atoms with E-state index >= 15 is 0 Å². The third-order valence-electron chi connectivity index (χ3n) is 6.15. The normalized spacial score (nSPS) is 15.1. The molecule has 2 N–H and O–H groups in total. The van der Waals surface area contributed by atoms with Crippen molar-refractivity contribution in [2.45, 2.75) is 25.8 Å². The molecule has 1 aromatic carbocycles.